The minimum atomic E-state index is -4.86. The second-order valence-electron chi connectivity index (χ2n) is 13.4. The van der Waals surface area contributed by atoms with Crippen molar-refractivity contribution in [1.82, 2.24) is 20.2 Å². The summed E-state index contributed by atoms with van der Waals surface area (Å²) < 4.78 is 57.8. The first-order chi connectivity index (χ1) is 23.1. The van der Waals surface area contributed by atoms with Crippen molar-refractivity contribution in [2.75, 3.05) is 13.2 Å². The number of fused-ring (bicyclic) bond motifs is 1. The molecule has 2 aromatic rings. The zero-order chi connectivity index (χ0) is 36.0. The van der Waals surface area contributed by atoms with Crippen molar-refractivity contribution in [1.29, 1.82) is 0 Å². The molecule has 15 heteroatoms. The van der Waals surface area contributed by atoms with Crippen LogP contribution in [0.1, 0.15) is 78.3 Å². The number of alkyl carbamates (subject to hydrolysis) is 1. The number of alkyl halides is 3. The summed E-state index contributed by atoms with van der Waals surface area (Å²) in [6.07, 6.45) is 1.13. The Balaban J connectivity index is 1.39. The van der Waals surface area contributed by atoms with Crippen molar-refractivity contribution in [2.24, 2.45) is 11.7 Å². The van der Waals surface area contributed by atoms with Crippen LogP contribution < -0.4 is 15.8 Å². The number of nitrogens with zero attached hydrogens (tertiary/aromatic N) is 3. The predicted octanol–water partition coefficient (Wildman–Crippen LogP) is 4.88. The fourth-order valence-electron chi connectivity index (χ4n) is 5.70. The normalized spacial score (nSPS) is 22.9. The molecule has 0 unspecified atom stereocenters. The number of likely N-dealkylation sites (tertiary alicyclic amines) is 1. The highest BCUT2D eigenvalue weighted by Crippen LogP contribution is 2.43. The summed E-state index contributed by atoms with van der Waals surface area (Å²) in [7, 11) is 0. The molecule has 0 bridgehead atoms. The van der Waals surface area contributed by atoms with Gasteiger partial charge in [-0.2, -0.15) is 13.2 Å². The van der Waals surface area contributed by atoms with Gasteiger partial charge in [-0.05, 0) is 65.5 Å². The van der Waals surface area contributed by atoms with Gasteiger partial charge in [-0.1, -0.05) is 37.1 Å². The molecule has 0 radical (unpaired) electrons. The van der Waals surface area contributed by atoms with E-state index in [2.05, 4.69) is 15.3 Å². The minimum Gasteiger partial charge on any atom is -0.471 e. The number of allylic oxidation sites excluding steroid dienone is 1. The van der Waals surface area contributed by atoms with Gasteiger partial charge >= 0.3 is 18.2 Å². The number of hydrogen-bond donors (Lipinski definition) is 2. The standard InChI is InChI=1S/C34H44F3N5O7/c1-5-47-30(45)33(38)18-21(33)13-9-7-6-8-10-16-26(41-31(46)49-32(2,3)4)29(44)42-19-23(17-22(42)20-43)48-28-27(34(35,36)37)39-24-14-11-12-15-25(24)40-28/h9,11-15,20-23,26H,5-8,10,16-19,38H2,1-4H3,(H,41,46)/b13-9-/t21-,22+,23-,26+,33-/m1/s1. The minimum absolute atomic E-state index is 0.0396. The fourth-order valence-corrected chi connectivity index (χ4v) is 5.70. The number of nitrogens with one attached hydrogen (secondary N) is 1. The maximum Gasteiger partial charge on any atom is 0.438 e. The summed E-state index contributed by atoms with van der Waals surface area (Å²) in [5, 5.41) is 2.61. The second-order valence-corrected chi connectivity index (χ2v) is 13.4. The molecule has 0 spiro atoms. The summed E-state index contributed by atoms with van der Waals surface area (Å²) in [6.45, 7) is 6.82. The molecule has 2 heterocycles. The molecule has 2 amide bonds. The largest absolute Gasteiger partial charge is 0.471 e. The molecule has 1 saturated carbocycles. The highest BCUT2D eigenvalue weighted by molar-refractivity contribution is 5.88. The number of hydrogen-bond acceptors (Lipinski definition) is 10. The Kier molecular flexibility index (Phi) is 11.9. The van der Waals surface area contributed by atoms with Gasteiger partial charge in [0.05, 0.1) is 30.2 Å². The summed E-state index contributed by atoms with van der Waals surface area (Å²) in [5.41, 5.74) is 3.22. The Morgan fingerprint density at radius 1 is 1.12 bits per heavy atom. The SMILES string of the molecule is CCOC(=O)[C@@]1(N)C[C@H]1/C=C\CCCCC[C@H](NC(=O)OC(C)(C)C)C(=O)N1C[C@H](Oc2nc3ccccc3nc2C(F)(F)F)C[C@H]1C=O. The molecular formula is C34H44F3N5O7. The van der Waals surface area contributed by atoms with Crippen LogP contribution in [-0.4, -0.2) is 81.6 Å². The van der Waals surface area contributed by atoms with Crippen molar-refractivity contribution < 1.29 is 46.6 Å². The number of unbranched alkanes of at least 4 members (excludes halogenated alkanes) is 3. The number of aromatic nitrogens is 2. The molecule has 4 rings (SSSR count). The van der Waals surface area contributed by atoms with E-state index >= 15 is 0 Å². The lowest BCUT2D eigenvalue weighted by atomic mass is 10.0. The number of carbonyl (C=O) groups is 4. The molecule has 268 valence electrons. The fraction of sp³-hybridized carbons (Fsp3) is 0.588. The van der Waals surface area contributed by atoms with E-state index in [4.69, 9.17) is 19.9 Å². The molecule has 5 atom stereocenters. The molecule has 1 aliphatic heterocycles. The lowest BCUT2D eigenvalue weighted by Crippen LogP contribution is -2.51. The zero-order valence-corrected chi connectivity index (χ0v) is 28.1. The van der Waals surface area contributed by atoms with Gasteiger partial charge in [0.15, 0.2) is 0 Å². The molecule has 1 aromatic heterocycles. The predicted molar refractivity (Wildman–Crippen MR) is 172 cm³/mol. The van der Waals surface area contributed by atoms with E-state index in [1.807, 2.05) is 12.2 Å². The van der Waals surface area contributed by atoms with Gasteiger partial charge in [-0.15, -0.1) is 0 Å². The highest BCUT2D eigenvalue weighted by Gasteiger charge is 2.57. The van der Waals surface area contributed by atoms with E-state index in [9.17, 15) is 32.3 Å². The number of para-hydroxylation sites is 2. The first-order valence-electron chi connectivity index (χ1n) is 16.4. The third-order valence-electron chi connectivity index (χ3n) is 8.27. The van der Waals surface area contributed by atoms with Crippen LogP contribution >= 0.6 is 0 Å². The van der Waals surface area contributed by atoms with Gasteiger partial charge in [0, 0.05) is 12.3 Å². The monoisotopic (exact) mass is 691 g/mol. The molecule has 1 aliphatic carbocycles. The average molecular weight is 692 g/mol. The number of halogens is 3. The van der Waals surface area contributed by atoms with Crippen LogP contribution in [0.2, 0.25) is 0 Å². The van der Waals surface area contributed by atoms with Crippen LogP contribution in [0.3, 0.4) is 0 Å². The number of nitrogens with two attached hydrogens (primary N) is 1. The van der Waals surface area contributed by atoms with Gasteiger partial charge in [-0.3, -0.25) is 9.59 Å². The highest BCUT2D eigenvalue weighted by atomic mass is 19.4. The molecule has 1 aromatic carbocycles. The smallest absolute Gasteiger partial charge is 0.438 e. The Morgan fingerprint density at radius 3 is 2.45 bits per heavy atom. The Labute approximate surface area is 282 Å². The third-order valence-corrected chi connectivity index (χ3v) is 8.27. The quantitative estimate of drug-likeness (QED) is 0.121. The molecule has 2 aliphatic rings. The number of aldehydes is 1. The molecule has 1 saturated heterocycles. The van der Waals surface area contributed by atoms with Gasteiger partial charge in [0.25, 0.3) is 0 Å². The topological polar surface area (TPSA) is 163 Å². The first-order valence-corrected chi connectivity index (χ1v) is 16.4. The maximum atomic E-state index is 13.9. The third kappa shape index (κ3) is 9.89. The number of carbonyl (C=O) groups excluding carboxylic acids is 4. The second kappa shape index (κ2) is 15.5. The molecule has 12 nitrogen and oxygen atoms in total. The van der Waals surface area contributed by atoms with Crippen LogP contribution in [0.15, 0.2) is 36.4 Å². The van der Waals surface area contributed by atoms with E-state index in [-0.39, 0.29) is 42.9 Å². The molecule has 49 heavy (non-hydrogen) atoms. The first kappa shape index (κ1) is 37.5. The van der Waals surface area contributed by atoms with E-state index < -0.39 is 65.0 Å². The van der Waals surface area contributed by atoms with Crippen LogP contribution in [0.25, 0.3) is 11.0 Å². The van der Waals surface area contributed by atoms with Crippen LogP contribution in [0, 0.1) is 5.92 Å². The van der Waals surface area contributed by atoms with Crippen LogP contribution in [-0.2, 0) is 30.0 Å². The van der Waals surface area contributed by atoms with E-state index in [0.29, 0.717) is 32.0 Å². The Hall–Kier alpha value is -4.27. The van der Waals surface area contributed by atoms with E-state index in [1.54, 1.807) is 39.8 Å². The lowest BCUT2D eigenvalue weighted by molar-refractivity contribution is -0.146. The summed E-state index contributed by atoms with van der Waals surface area (Å²) in [4.78, 5) is 59.5. The van der Waals surface area contributed by atoms with Crippen molar-refractivity contribution in [3.63, 3.8) is 0 Å². The Morgan fingerprint density at radius 2 is 1.82 bits per heavy atom. The molecule has 2 fully saturated rings. The van der Waals surface area contributed by atoms with Crippen LogP contribution in [0.5, 0.6) is 5.88 Å². The van der Waals surface area contributed by atoms with Crippen molar-refractivity contribution in [3.05, 3.63) is 42.1 Å². The zero-order valence-electron chi connectivity index (χ0n) is 28.1. The summed E-state index contributed by atoms with van der Waals surface area (Å²) >= 11 is 0. The summed E-state index contributed by atoms with van der Waals surface area (Å²) in [5.74, 6) is -1.80. The van der Waals surface area contributed by atoms with Gasteiger partial charge < -0.3 is 35.0 Å². The number of rotatable bonds is 14. The number of benzene rings is 1. The Bertz CT molecular complexity index is 1550. The van der Waals surface area contributed by atoms with Crippen molar-refractivity contribution in [3.8, 4) is 5.88 Å². The average Bonchev–Trinajstić information content (AvgIpc) is 3.51. The molecular weight excluding hydrogens is 647 g/mol. The van der Waals surface area contributed by atoms with Gasteiger partial charge in [-0.25, -0.2) is 14.8 Å². The lowest BCUT2D eigenvalue weighted by Gasteiger charge is -2.28. The summed E-state index contributed by atoms with van der Waals surface area (Å²) in [6, 6.07) is 3.99. The maximum absolute atomic E-state index is 13.9. The van der Waals surface area contributed by atoms with Gasteiger partial charge in [0.2, 0.25) is 17.5 Å². The van der Waals surface area contributed by atoms with Crippen LogP contribution in [0.4, 0.5) is 18.0 Å². The van der Waals surface area contributed by atoms with E-state index in [1.165, 1.54) is 17.0 Å². The van der Waals surface area contributed by atoms with Crippen molar-refractivity contribution >= 4 is 35.3 Å². The number of amides is 2. The number of esters is 1. The van der Waals surface area contributed by atoms with E-state index in [0.717, 1.165) is 6.42 Å². The van der Waals surface area contributed by atoms with Crippen molar-refractivity contribution in [2.45, 2.75) is 108 Å². The van der Waals surface area contributed by atoms with Gasteiger partial charge in [0.1, 0.15) is 29.6 Å². The molecule has 3 N–H and O–H groups in total. The number of ether oxygens (including phenoxy) is 3.